The van der Waals surface area contributed by atoms with Crippen molar-refractivity contribution in [2.75, 3.05) is 19.3 Å². The Morgan fingerprint density at radius 2 is 2.14 bits per heavy atom. The predicted molar refractivity (Wildman–Crippen MR) is 53.3 cm³/mol. The molecule has 0 unspecified atom stereocenters. The topological polar surface area (TPSA) is 66.5 Å². The van der Waals surface area contributed by atoms with E-state index in [4.69, 9.17) is 0 Å². The molecule has 82 valence electrons. The number of sulfonamides is 1. The number of carbonyl (C=O) groups excluding carboxylic acids is 1. The van der Waals surface area contributed by atoms with Crippen LogP contribution >= 0.6 is 0 Å². The van der Waals surface area contributed by atoms with Gasteiger partial charge in [0.2, 0.25) is 15.9 Å². The first-order valence-corrected chi connectivity index (χ1v) is 6.49. The van der Waals surface area contributed by atoms with Crippen LogP contribution < -0.4 is 5.32 Å². The van der Waals surface area contributed by atoms with E-state index in [0.29, 0.717) is 6.54 Å². The summed E-state index contributed by atoms with van der Waals surface area (Å²) in [5.74, 6) is -0.220. The molecule has 1 amide bonds. The average Bonchev–Trinajstić information content (AvgIpc) is 1.97. The summed E-state index contributed by atoms with van der Waals surface area (Å²) in [4.78, 5) is 11.3. The summed E-state index contributed by atoms with van der Waals surface area (Å²) in [5, 5.41) is 2.74. The fourth-order valence-corrected chi connectivity index (χ4v) is 2.30. The fraction of sp³-hybridized carbons (Fsp3) is 0.875. The molecule has 0 saturated carbocycles. The van der Waals surface area contributed by atoms with Crippen molar-refractivity contribution >= 4 is 15.9 Å². The molecule has 1 atom stereocenters. The molecule has 1 fully saturated rings. The first kappa shape index (κ1) is 11.5. The predicted octanol–water partition coefficient (Wildman–Crippen LogP) is -0.453. The van der Waals surface area contributed by atoms with Gasteiger partial charge in [0.15, 0.2) is 0 Å². The molecule has 1 aliphatic heterocycles. The number of carbonyl (C=O) groups is 1. The minimum absolute atomic E-state index is 0.0524. The van der Waals surface area contributed by atoms with Crippen LogP contribution in [0, 0.1) is 0 Å². The van der Waals surface area contributed by atoms with Gasteiger partial charge >= 0.3 is 0 Å². The lowest BCUT2D eigenvalue weighted by molar-refractivity contribution is -0.122. The highest BCUT2D eigenvalue weighted by atomic mass is 32.2. The van der Waals surface area contributed by atoms with E-state index in [-0.39, 0.29) is 18.5 Å². The Hall–Kier alpha value is -0.620. The molecular formula is C8H16N2O3S. The lowest BCUT2D eigenvalue weighted by atomic mass is 10.1. The number of rotatable bonds is 1. The Morgan fingerprint density at radius 1 is 1.50 bits per heavy atom. The van der Waals surface area contributed by atoms with Gasteiger partial charge in [0.25, 0.3) is 0 Å². The van der Waals surface area contributed by atoms with Gasteiger partial charge in [-0.2, -0.15) is 4.31 Å². The SMILES string of the molecule is C[C@H]1CCCN(S(C)(=O)=O)CC(=O)N1. The molecule has 0 radical (unpaired) electrons. The molecule has 1 aliphatic rings. The van der Waals surface area contributed by atoms with Crippen molar-refractivity contribution in [2.45, 2.75) is 25.8 Å². The highest BCUT2D eigenvalue weighted by Crippen LogP contribution is 2.06. The minimum atomic E-state index is -3.24. The number of nitrogens with one attached hydrogen (secondary N) is 1. The molecule has 0 aromatic heterocycles. The van der Waals surface area contributed by atoms with Crippen LogP contribution in [-0.4, -0.2) is 44.0 Å². The monoisotopic (exact) mass is 220 g/mol. The average molecular weight is 220 g/mol. The maximum atomic E-state index is 11.3. The van der Waals surface area contributed by atoms with Gasteiger partial charge in [-0.25, -0.2) is 8.42 Å². The van der Waals surface area contributed by atoms with Gasteiger partial charge < -0.3 is 5.32 Å². The van der Waals surface area contributed by atoms with E-state index >= 15 is 0 Å². The van der Waals surface area contributed by atoms with Crippen molar-refractivity contribution in [1.82, 2.24) is 9.62 Å². The first-order valence-electron chi connectivity index (χ1n) is 4.64. The van der Waals surface area contributed by atoms with Crippen LogP contribution in [0.15, 0.2) is 0 Å². The molecule has 0 aliphatic carbocycles. The van der Waals surface area contributed by atoms with Gasteiger partial charge in [-0.3, -0.25) is 4.79 Å². The van der Waals surface area contributed by atoms with Gasteiger partial charge in [-0.05, 0) is 19.8 Å². The van der Waals surface area contributed by atoms with Crippen LogP contribution in [0.25, 0.3) is 0 Å². The molecule has 14 heavy (non-hydrogen) atoms. The molecule has 1 saturated heterocycles. The van der Waals surface area contributed by atoms with Crippen LogP contribution in [0.4, 0.5) is 0 Å². The highest BCUT2D eigenvalue weighted by Gasteiger charge is 2.22. The van der Waals surface area contributed by atoms with Crippen molar-refractivity contribution < 1.29 is 13.2 Å². The third-order valence-corrected chi connectivity index (χ3v) is 3.49. The van der Waals surface area contributed by atoms with Crippen molar-refractivity contribution in [2.24, 2.45) is 0 Å². The summed E-state index contributed by atoms with van der Waals surface area (Å²) in [6, 6.07) is 0.143. The maximum Gasteiger partial charge on any atom is 0.235 e. The van der Waals surface area contributed by atoms with Gasteiger partial charge in [0, 0.05) is 12.6 Å². The van der Waals surface area contributed by atoms with E-state index in [9.17, 15) is 13.2 Å². The van der Waals surface area contributed by atoms with Crippen LogP contribution in [0.5, 0.6) is 0 Å². The molecule has 6 heteroatoms. The van der Waals surface area contributed by atoms with E-state index in [0.717, 1.165) is 19.1 Å². The summed E-state index contributed by atoms with van der Waals surface area (Å²) < 4.78 is 23.7. The quantitative estimate of drug-likeness (QED) is 0.650. The number of nitrogens with zero attached hydrogens (tertiary/aromatic N) is 1. The van der Waals surface area contributed by atoms with Crippen molar-refractivity contribution in [3.05, 3.63) is 0 Å². The zero-order chi connectivity index (χ0) is 10.8. The first-order chi connectivity index (χ1) is 6.39. The summed E-state index contributed by atoms with van der Waals surface area (Å²) in [7, 11) is -3.24. The summed E-state index contributed by atoms with van der Waals surface area (Å²) in [6.45, 7) is 2.31. The Bertz CT molecular complexity index is 313. The van der Waals surface area contributed by atoms with Crippen molar-refractivity contribution in [3.8, 4) is 0 Å². The highest BCUT2D eigenvalue weighted by molar-refractivity contribution is 7.88. The van der Waals surface area contributed by atoms with E-state index in [1.54, 1.807) is 0 Å². The van der Waals surface area contributed by atoms with Crippen LogP contribution in [0.1, 0.15) is 19.8 Å². The second-order valence-electron chi connectivity index (χ2n) is 3.71. The maximum absolute atomic E-state index is 11.3. The Labute approximate surface area is 84.5 Å². The molecule has 1 rings (SSSR count). The normalized spacial score (nSPS) is 26.4. The van der Waals surface area contributed by atoms with Crippen LogP contribution in [0.2, 0.25) is 0 Å². The lowest BCUT2D eigenvalue weighted by Crippen LogP contribution is -2.45. The number of hydrogen-bond donors (Lipinski definition) is 1. The second kappa shape index (κ2) is 4.27. The second-order valence-corrected chi connectivity index (χ2v) is 5.69. The largest absolute Gasteiger partial charge is 0.353 e. The molecule has 0 spiro atoms. The third kappa shape index (κ3) is 3.26. The summed E-state index contributed by atoms with van der Waals surface area (Å²) >= 11 is 0. The van der Waals surface area contributed by atoms with Crippen LogP contribution in [0.3, 0.4) is 0 Å². The molecule has 5 nitrogen and oxygen atoms in total. The van der Waals surface area contributed by atoms with E-state index in [1.807, 2.05) is 6.92 Å². The lowest BCUT2D eigenvalue weighted by Gasteiger charge is -2.24. The summed E-state index contributed by atoms with van der Waals surface area (Å²) in [6.07, 6.45) is 2.73. The van der Waals surface area contributed by atoms with Gasteiger partial charge in [-0.15, -0.1) is 0 Å². The van der Waals surface area contributed by atoms with Crippen molar-refractivity contribution in [3.63, 3.8) is 0 Å². The van der Waals surface area contributed by atoms with Gasteiger partial charge in [-0.1, -0.05) is 0 Å². The number of hydrogen-bond acceptors (Lipinski definition) is 3. The van der Waals surface area contributed by atoms with Crippen molar-refractivity contribution in [1.29, 1.82) is 0 Å². The standard InChI is InChI=1S/C8H16N2O3S/c1-7-4-3-5-10(14(2,12)13)6-8(11)9-7/h7H,3-6H2,1-2H3,(H,9,11)/t7-/m0/s1. The van der Waals surface area contributed by atoms with Gasteiger partial charge in [0.05, 0.1) is 12.8 Å². The molecule has 0 aromatic rings. The Balaban J connectivity index is 2.69. The minimum Gasteiger partial charge on any atom is -0.353 e. The molecule has 0 bridgehead atoms. The summed E-state index contributed by atoms with van der Waals surface area (Å²) in [5.41, 5.74) is 0. The molecule has 1 heterocycles. The Morgan fingerprint density at radius 3 is 2.71 bits per heavy atom. The van der Waals surface area contributed by atoms with Crippen LogP contribution in [-0.2, 0) is 14.8 Å². The van der Waals surface area contributed by atoms with E-state index in [2.05, 4.69) is 5.32 Å². The smallest absolute Gasteiger partial charge is 0.235 e. The Kier molecular flexibility index (Phi) is 3.49. The van der Waals surface area contributed by atoms with E-state index in [1.165, 1.54) is 4.31 Å². The number of amides is 1. The van der Waals surface area contributed by atoms with Gasteiger partial charge in [0.1, 0.15) is 0 Å². The van der Waals surface area contributed by atoms with E-state index < -0.39 is 10.0 Å². The molecular weight excluding hydrogens is 204 g/mol. The zero-order valence-corrected chi connectivity index (χ0v) is 9.30. The zero-order valence-electron chi connectivity index (χ0n) is 8.49. The third-order valence-electron chi connectivity index (χ3n) is 2.24. The fourth-order valence-electron chi connectivity index (χ4n) is 1.49. The molecule has 1 N–H and O–H groups in total. The molecule has 0 aromatic carbocycles.